The molecule has 1 unspecified atom stereocenters. The molecule has 4 nitrogen and oxygen atoms in total. The van der Waals surface area contributed by atoms with Crippen molar-refractivity contribution >= 4 is 23.2 Å². The molecule has 0 aliphatic carbocycles. The fourth-order valence-electron chi connectivity index (χ4n) is 1.75. The summed E-state index contributed by atoms with van der Waals surface area (Å²) in [6, 6.07) is 1.59. The lowest BCUT2D eigenvalue weighted by molar-refractivity contribution is 0.0931. The summed E-state index contributed by atoms with van der Waals surface area (Å²) >= 11 is 5.78. The van der Waals surface area contributed by atoms with Gasteiger partial charge >= 0.3 is 0 Å². The van der Waals surface area contributed by atoms with E-state index in [1.807, 2.05) is 0 Å². The van der Waals surface area contributed by atoms with Crippen molar-refractivity contribution in [2.45, 2.75) is 6.42 Å². The van der Waals surface area contributed by atoms with E-state index in [1.165, 1.54) is 6.20 Å². The van der Waals surface area contributed by atoms with E-state index in [0.29, 0.717) is 17.1 Å². The molecule has 80 valence electrons. The Morgan fingerprint density at radius 2 is 2.47 bits per heavy atom. The molecular weight excluding hydrogens is 214 g/mol. The number of nitrogen functional groups attached to an aromatic ring is 1. The summed E-state index contributed by atoms with van der Waals surface area (Å²) in [6.45, 7) is 1.59. The highest BCUT2D eigenvalue weighted by Crippen LogP contribution is 2.21. The summed E-state index contributed by atoms with van der Waals surface area (Å²) < 4.78 is 0. The predicted molar refractivity (Wildman–Crippen MR) is 59.0 cm³/mol. The minimum absolute atomic E-state index is 0.00701. The van der Waals surface area contributed by atoms with E-state index in [9.17, 15) is 4.79 Å². The minimum Gasteiger partial charge on any atom is -0.383 e. The highest BCUT2D eigenvalue weighted by molar-refractivity contribution is 6.31. The molecule has 1 saturated heterocycles. The van der Waals surface area contributed by atoms with E-state index in [1.54, 1.807) is 6.07 Å². The first-order valence-corrected chi connectivity index (χ1v) is 5.22. The molecule has 15 heavy (non-hydrogen) atoms. The number of halogens is 1. The van der Waals surface area contributed by atoms with Crippen molar-refractivity contribution in [3.63, 3.8) is 0 Å². The maximum absolute atomic E-state index is 12.0. The number of aromatic nitrogens is 1. The molecular formula is C10H12ClN3O. The average molecular weight is 226 g/mol. The van der Waals surface area contributed by atoms with Crippen molar-refractivity contribution in [3.05, 3.63) is 22.8 Å². The van der Waals surface area contributed by atoms with Gasteiger partial charge in [-0.15, -0.1) is 0 Å². The Hall–Kier alpha value is -1.13. The number of hydrogen-bond donors (Lipinski definition) is 2. The summed E-state index contributed by atoms with van der Waals surface area (Å²) in [5, 5.41) is 3.59. The Morgan fingerprint density at radius 3 is 3.13 bits per heavy atom. The third kappa shape index (κ3) is 2.11. The van der Waals surface area contributed by atoms with E-state index in [0.717, 1.165) is 13.0 Å². The molecule has 0 radical (unpaired) electrons. The Morgan fingerprint density at radius 1 is 1.67 bits per heavy atom. The second-order valence-corrected chi connectivity index (χ2v) is 4.08. The number of rotatable bonds is 2. The Bertz CT molecular complexity index is 388. The van der Waals surface area contributed by atoms with Crippen LogP contribution in [0.1, 0.15) is 16.8 Å². The van der Waals surface area contributed by atoms with Gasteiger partial charge in [-0.2, -0.15) is 0 Å². The predicted octanol–water partition coefficient (Wildman–Crippen LogP) is 1.11. The number of pyridine rings is 1. The van der Waals surface area contributed by atoms with Crippen LogP contribution in [0.2, 0.25) is 5.02 Å². The van der Waals surface area contributed by atoms with Gasteiger partial charge in [0.2, 0.25) is 0 Å². The quantitative estimate of drug-likeness (QED) is 0.740. The summed E-state index contributed by atoms with van der Waals surface area (Å²) in [6.07, 6.45) is 2.30. The maximum atomic E-state index is 12.0. The fourth-order valence-corrected chi connectivity index (χ4v) is 1.90. The van der Waals surface area contributed by atoms with Crippen LogP contribution in [-0.4, -0.2) is 23.9 Å². The highest BCUT2D eigenvalue weighted by Gasteiger charge is 2.25. The van der Waals surface area contributed by atoms with Gasteiger partial charge in [0, 0.05) is 18.7 Å². The summed E-state index contributed by atoms with van der Waals surface area (Å²) in [4.78, 5) is 15.9. The van der Waals surface area contributed by atoms with Crippen LogP contribution in [-0.2, 0) is 0 Å². The molecule has 3 N–H and O–H groups in total. The Balaban J connectivity index is 2.27. The number of carbonyl (C=O) groups excluding carboxylic acids is 1. The lowest BCUT2D eigenvalue weighted by Gasteiger charge is -2.09. The van der Waals surface area contributed by atoms with Gasteiger partial charge in [-0.25, -0.2) is 4.98 Å². The lowest BCUT2D eigenvalue weighted by atomic mass is 9.97. The zero-order chi connectivity index (χ0) is 10.8. The molecule has 0 bridgehead atoms. The van der Waals surface area contributed by atoms with Crippen LogP contribution in [0, 0.1) is 5.92 Å². The van der Waals surface area contributed by atoms with Crippen molar-refractivity contribution < 1.29 is 4.79 Å². The van der Waals surface area contributed by atoms with Crippen LogP contribution in [0.15, 0.2) is 12.3 Å². The van der Waals surface area contributed by atoms with Gasteiger partial charge in [0.25, 0.3) is 0 Å². The Labute approximate surface area is 92.8 Å². The van der Waals surface area contributed by atoms with Gasteiger partial charge in [-0.05, 0) is 19.0 Å². The first kappa shape index (κ1) is 10.4. The van der Waals surface area contributed by atoms with Crippen molar-refractivity contribution in [1.82, 2.24) is 10.3 Å². The molecule has 1 aromatic rings. The molecule has 1 atom stereocenters. The number of nitrogens with one attached hydrogen (secondary N) is 1. The number of anilines is 1. The molecule has 2 rings (SSSR count). The van der Waals surface area contributed by atoms with Gasteiger partial charge in [-0.1, -0.05) is 11.6 Å². The summed E-state index contributed by atoms with van der Waals surface area (Å²) in [5.41, 5.74) is 6.09. The standard InChI is InChI=1S/C10H12ClN3O/c11-7-3-8(10(12)14-5-7)9(15)6-1-2-13-4-6/h3,5-6,13H,1-2,4H2,(H2,12,14). The molecule has 5 heteroatoms. The monoisotopic (exact) mass is 225 g/mol. The van der Waals surface area contributed by atoms with E-state index in [-0.39, 0.29) is 17.5 Å². The molecule has 0 aromatic carbocycles. The first-order chi connectivity index (χ1) is 7.18. The zero-order valence-corrected chi connectivity index (χ0v) is 8.92. The minimum atomic E-state index is 0.00701. The van der Waals surface area contributed by atoms with E-state index in [2.05, 4.69) is 10.3 Å². The number of Topliss-reactive ketones (excluding diaryl/α,β-unsaturated/α-hetero) is 1. The van der Waals surface area contributed by atoms with Crippen LogP contribution in [0.25, 0.3) is 0 Å². The lowest BCUT2D eigenvalue weighted by Crippen LogP contribution is -2.19. The molecule has 1 aromatic heterocycles. The van der Waals surface area contributed by atoms with Gasteiger partial charge in [0.1, 0.15) is 5.82 Å². The number of carbonyl (C=O) groups is 1. The molecule has 1 fully saturated rings. The second-order valence-electron chi connectivity index (χ2n) is 3.64. The van der Waals surface area contributed by atoms with Crippen LogP contribution >= 0.6 is 11.6 Å². The molecule has 1 aliphatic rings. The third-order valence-electron chi connectivity index (χ3n) is 2.58. The zero-order valence-electron chi connectivity index (χ0n) is 8.16. The van der Waals surface area contributed by atoms with Gasteiger partial charge in [0.05, 0.1) is 10.6 Å². The van der Waals surface area contributed by atoms with Crippen molar-refractivity contribution in [2.75, 3.05) is 18.8 Å². The molecule has 0 amide bonds. The van der Waals surface area contributed by atoms with Crippen LogP contribution in [0.5, 0.6) is 0 Å². The highest BCUT2D eigenvalue weighted by atomic mass is 35.5. The molecule has 2 heterocycles. The van der Waals surface area contributed by atoms with Gasteiger partial charge < -0.3 is 11.1 Å². The van der Waals surface area contributed by atoms with E-state index < -0.39 is 0 Å². The SMILES string of the molecule is Nc1ncc(Cl)cc1C(=O)C1CCNC1. The van der Waals surface area contributed by atoms with Crippen LogP contribution in [0.3, 0.4) is 0 Å². The average Bonchev–Trinajstić information content (AvgIpc) is 2.74. The van der Waals surface area contributed by atoms with E-state index in [4.69, 9.17) is 17.3 Å². The maximum Gasteiger partial charge on any atom is 0.171 e. The number of nitrogens with two attached hydrogens (primary N) is 1. The summed E-state index contributed by atoms with van der Waals surface area (Å²) in [5.74, 6) is 0.302. The normalized spacial score (nSPS) is 20.5. The number of hydrogen-bond acceptors (Lipinski definition) is 4. The smallest absolute Gasteiger partial charge is 0.171 e. The third-order valence-corrected chi connectivity index (χ3v) is 2.79. The van der Waals surface area contributed by atoms with Crippen molar-refractivity contribution in [1.29, 1.82) is 0 Å². The van der Waals surface area contributed by atoms with Crippen molar-refractivity contribution in [2.24, 2.45) is 5.92 Å². The van der Waals surface area contributed by atoms with Crippen LogP contribution in [0.4, 0.5) is 5.82 Å². The molecule has 0 spiro atoms. The first-order valence-electron chi connectivity index (χ1n) is 4.84. The van der Waals surface area contributed by atoms with Gasteiger partial charge in [0.15, 0.2) is 5.78 Å². The topological polar surface area (TPSA) is 68.0 Å². The Kier molecular flexibility index (Phi) is 2.88. The van der Waals surface area contributed by atoms with Crippen molar-refractivity contribution in [3.8, 4) is 0 Å². The van der Waals surface area contributed by atoms with Crippen LogP contribution < -0.4 is 11.1 Å². The van der Waals surface area contributed by atoms with E-state index >= 15 is 0 Å². The molecule has 0 saturated carbocycles. The summed E-state index contributed by atoms with van der Waals surface area (Å²) in [7, 11) is 0. The number of nitrogens with zero attached hydrogens (tertiary/aromatic N) is 1. The number of ketones is 1. The second kappa shape index (κ2) is 4.16. The fraction of sp³-hybridized carbons (Fsp3) is 0.400. The molecule has 1 aliphatic heterocycles. The largest absolute Gasteiger partial charge is 0.383 e. The van der Waals surface area contributed by atoms with Gasteiger partial charge in [-0.3, -0.25) is 4.79 Å².